The molecule has 0 aliphatic heterocycles. The van der Waals surface area contributed by atoms with Crippen molar-refractivity contribution in [1.82, 2.24) is 4.31 Å². The zero-order valence-electron chi connectivity index (χ0n) is 20.7. The molecule has 3 aromatic carbocycles. The van der Waals surface area contributed by atoms with E-state index in [4.69, 9.17) is 10.5 Å². The molecule has 36 heavy (non-hydrogen) atoms. The molecule has 0 aromatic heterocycles. The number of rotatable bonds is 12. The number of nitrogens with two attached hydrogens (primary N) is 1. The van der Waals surface area contributed by atoms with Crippen LogP contribution in [0.1, 0.15) is 25.0 Å². The molecular weight excluding hydrogens is 476 g/mol. The number of hydrogen-bond acceptors (Lipinski definition) is 5. The van der Waals surface area contributed by atoms with Gasteiger partial charge in [0.25, 0.3) is 0 Å². The molecule has 7 nitrogen and oxygen atoms in total. The van der Waals surface area contributed by atoms with Gasteiger partial charge in [0, 0.05) is 25.9 Å². The number of carbonyl (C=O) groups is 1. The van der Waals surface area contributed by atoms with Crippen molar-refractivity contribution in [3.8, 4) is 0 Å². The van der Waals surface area contributed by atoms with Gasteiger partial charge >= 0.3 is 6.09 Å². The van der Waals surface area contributed by atoms with E-state index in [0.29, 0.717) is 0 Å². The molecule has 1 amide bonds. The van der Waals surface area contributed by atoms with E-state index < -0.39 is 27.8 Å². The molecule has 0 saturated carbocycles. The van der Waals surface area contributed by atoms with Gasteiger partial charge in [-0.1, -0.05) is 92.7 Å². The van der Waals surface area contributed by atoms with Crippen LogP contribution in [0.15, 0.2) is 95.9 Å². The van der Waals surface area contributed by atoms with Crippen LogP contribution in [-0.4, -0.2) is 48.7 Å². The first kappa shape index (κ1) is 27.4. The Labute approximate surface area is 213 Å². The smallest absolute Gasteiger partial charge is 0.405 e. The van der Waals surface area contributed by atoms with Crippen molar-refractivity contribution >= 4 is 16.1 Å². The summed E-state index contributed by atoms with van der Waals surface area (Å²) in [4.78, 5) is 12.3. The fourth-order valence-electron chi connectivity index (χ4n) is 4.30. The minimum absolute atomic E-state index is 0.00890. The van der Waals surface area contributed by atoms with Crippen LogP contribution in [0.2, 0.25) is 0 Å². The Bertz CT molecular complexity index is 1160. The van der Waals surface area contributed by atoms with Gasteiger partial charge in [-0.05, 0) is 29.2 Å². The number of benzene rings is 3. The number of amides is 1. The van der Waals surface area contributed by atoms with Crippen molar-refractivity contribution in [2.24, 2.45) is 11.7 Å². The van der Waals surface area contributed by atoms with Crippen LogP contribution in [-0.2, 0) is 27.6 Å². The van der Waals surface area contributed by atoms with Gasteiger partial charge in [-0.3, -0.25) is 0 Å². The average molecular weight is 511 g/mol. The lowest BCUT2D eigenvalue weighted by Crippen LogP contribution is -2.56. The lowest BCUT2D eigenvalue weighted by atomic mass is 9.82. The largest absolute Gasteiger partial charge is 0.440 e. The second-order valence-electron chi connectivity index (χ2n) is 9.36. The molecule has 0 saturated heterocycles. The third-order valence-electron chi connectivity index (χ3n) is 5.93. The van der Waals surface area contributed by atoms with Gasteiger partial charge in [0.2, 0.25) is 10.0 Å². The Kier molecular flexibility index (Phi) is 9.25. The van der Waals surface area contributed by atoms with Gasteiger partial charge < -0.3 is 15.6 Å². The van der Waals surface area contributed by atoms with Crippen LogP contribution in [0.4, 0.5) is 4.79 Å². The predicted molar refractivity (Wildman–Crippen MR) is 140 cm³/mol. The maximum atomic E-state index is 13.6. The summed E-state index contributed by atoms with van der Waals surface area (Å²) in [7, 11) is -3.92. The van der Waals surface area contributed by atoms with E-state index in [2.05, 4.69) is 0 Å². The summed E-state index contributed by atoms with van der Waals surface area (Å²) in [6.45, 7) is 3.71. The highest BCUT2D eigenvalue weighted by Gasteiger charge is 2.44. The monoisotopic (exact) mass is 510 g/mol. The van der Waals surface area contributed by atoms with Crippen molar-refractivity contribution in [1.29, 1.82) is 0 Å². The summed E-state index contributed by atoms with van der Waals surface area (Å²) in [5, 5.41) is 11.7. The minimum Gasteiger partial charge on any atom is -0.440 e. The molecule has 3 aromatic rings. The van der Waals surface area contributed by atoms with Gasteiger partial charge in [-0.2, -0.15) is 4.31 Å². The topological polar surface area (TPSA) is 110 Å². The molecule has 3 N–H and O–H groups in total. The SMILES string of the molecule is CC(C)CN(C[C@@H](O)C(Cc1ccccc1)(Cc1ccccc1)OC(N)=O)S(=O)(=O)c1ccccc1. The van der Waals surface area contributed by atoms with Gasteiger partial charge in [0.15, 0.2) is 0 Å². The van der Waals surface area contributed by atoms with E-state index in [9.17, 15) is 18.3 Å². The molecule has 0 aliphatic carbocycles. The Morgan fingerprint density at radius 3 is 1.72 bits per heavy atom. The first-order chi connectivity index (χ1) is 17.1. The third kappa shape index (κ3) is 7.16. The first-order valence-electron chi connectivity index (χ1n) is 11.9. The molecule has 0 bridgehead atoms. The summed E-state index contributed by atoms with van der Waals surface area (Å²) in [5.41, 5.74) is 5.63. The van der Waals surface area contributed by atoms with Gasteiger partial charge in [0.05, 0.1) is 4.90 Å². The van der Waals surface area contributed by atoms with Crippen LogP contribution in [0.5, 0.6) is 0 Å². The van der Waals surface area contributed by atoms with E-state index in [1.807, 2.05) is 74.5 Å². The summed E-state index contributed by atoms with van der Waals surface area (Å²) in [6, 6.07) is 26.7. The minimum atomic E-state index is -3.92. The van der Waals surface area contributed by atoms with Crippen LogP contribution >= 0.6 is 0 Å². The maximum Gasteiger partial charge on any atom is 0.405 e. The van der Waals surface area contributed by atoms with Crippen LogP contribution in [0, 0.1) is 5.92 Å². The lowest BCUT2D eigenvalue weighted by Gasteiger charge is -2.39. The molecule has 0 spiro atoms. The van der Waals surface area contributed by atoms with Crippen molar-refractivity contribution in [2.45, 2.75) is 43.3 Å². The normalized spacial score (nSPS) is 13.0. The Morgan fingerprint density at radius 2 is 1.31 bits per heavy atom. The number of aliphatic hydroxyl groups is 1. The van der Waals surface area contributed by atoms with E-state index >= 15 is 0 Å². The van der Waals surface area contributed by atoms with E-state index in [1.54, 1.807) is 18.2 Å². The molecule has 0 fully saturated rings. The summed E-state index contributed by atoms with van der Waals surface area (Å²) >= 11 is 0. The Morgan fingerprint density at radius 1 is 0.861 bits per heavy atom. The molecule has 192 valence electrons. The van der Waals surface area contributed by atoms with E-state index in [1.165, 1.54) is 16.4 Å². The number of sulfonamides is 1. The summed E-state index contributed by atoms with van der Waals surface area (Å²) < 4.78 is 34.1. The number of aliphatic hydroxyl groups excluding tert-OH is 1. The molecule has 3 rings (SSSR count). The highest BCUT2D eigenvalue weighted by molar-refractivity contribution is 7.89. The van der Waals surface area contributed by atoms with Gasteiger partial charge in [-0.15, -0.1) is 0 Å². The Balaban J connectivity index is 2.05. The standard InChI is InChI=1S/C28H34N2O5S/c1-22(2)20-30(36(33,34)25-16-10-5-11-17-25)21-26(31)28(35-27(29)32,18-23-12-6-3-7-13-23)19-24-14-8-4-9-15-24/h3-17,22,26,31H,18-21H2,1-2H3,(H2,29,32)/t26-/m1/s1. The highest BCUT2D eigenvalue weighted by Crippen LogP contribution is 2.30. The van der Waals surface area contributed by atoms with Crippen molar-refractivity contribution < 1.29 is 23.1 Å². The number of carbonyl (C=O) groups excluding carboxylic acids is 1. The molecule has 1 atom stereocenters. The third-order valence-corrected chi connectivity index (χ3v) is 7.78. The number of nitrogens with zero attached hydrogens (tertiary/aromatic N) is 1. The fourth-order valence-corrected chi connectivity index (χ4v) is 5.93. The maximum absolute atomic E-state index is 13.6. The Hall–Kier alpha value is -3.20. The zero-order valence-corrected chi connectivity index (χ0v) is 21.5. The second-order valence-corrected chi connectivity index (χ2v) is 11.3. The average Bonchev–Trinajstić information content (AvgIpc) is 2.84. The summed E-state index contributed by atoms with van der Waals surface area (Å²) in [5.74, 6) is -0.00890. The molecular formula is C28H34N2O5S. The quantitative estimate of drug-likeness (QED) is 0.383. The molecule has 0 heterocycles. The van der Waals surface area contributed by atoms with Gasteiger partial charge in [0.1, 0.15) is 11.7 Å². The lowest BCUT2D eigenvalue weighted by molar-refractivity contribution is -0.0838. The van der Waals surface area contributed by atoms with E-state index in [-0.39, 0.29) is 36.7 Å². The van der Waals surface area contributed by atoms with E-state index in [0.717, 1.165) is 11.1 Å². The summed E-state index contributed by atoms with van der Waals surface area (Å²) in [6.07, 6.45) is -2.12. The molecule has 8 heteroatoms. The first-order valence-corrected chi connectivity index (χ1v) is 13.4. The predicted octanol–water partition coefficient (Wildman–Crippen LogP) is 4.01. The number of hydrogen-bond donors (Lipinski definition) is 2. The van der Waals surface area contributed by atoms with Crippen LogP contribution < -0.4 is 5.73 Å². The number of primary amides is 1. The van der Waals surface area contributed by atoms with Crippen molar-refractivity contribution in [3.05, 3.63) is 102 Å². The van der Waals surface area contributed by atoms with Crippen LogP contribution in [0.3, 0.4) is 0 Å². The fraction of sp³-hybridized carbons (Fsp3) is 0.321. The van der Waals surface area contributed by atoms with Gasteiger partial charge in [-0.25, -0.2) is 13.2 Å². The second kappa shape index (κ2) is 12.2. The van der Waals surface area contributed by atoms with Crippen molar-refractivity contribution in [3.63, 3.8) is 0 Å². The van der Waals surface area contributed by atoms with Crippen LogP contribution in [0.25, 0.3) is 0 Å². The zero-order chi connectivity index (χ0) is 26.2. The van der Waals surface area contributed by atoms with Crippen molar-refractivity contribution in [2.75, 3.05) is 13.1 Å². The molecule has 0 radical (unpaired) electrons. The number of ether oxygens (including phenoxy) is 1. The molecule has 0 aliphatic rings. The molecule has 0 unspecified atom stereocenters. The highest BCUT2D eigenvalue weighted by atomic mass is 32.2.